The number of nitrogens with zero attached hydrogens (tertiary/aromatic N) is 4. The van der Waals surface area contributed by atoms with Gasteiger partial charge in [0.05, 0.1) is 19.6 Å². The summed E-state index contributed by atoms with van der Waals surface area (Å²) in [7, 11) is -6.13. The van der Waals surface area contributed by atoms with Crippen molar-refractivity contribution in [3.05, 3.63) is 0 Å². The molecule has 0 aromatic carbocycles. The van der Waals surface area contributed by atoms with E-state index in [0.29, 0.717) is 33.0 Å². The summed E-state index contributed by atoms with van der Waals surface area (Å²) in [6.45, 7) is 28.1. The first kappa shape index (κ1) is 45.4. The minimum atomic E-state index is -2.58. The highest BCUT2D eigenvalue weighted by Gasteiger charge is 2.39. The van der Waals surface area contributed by atoms with Crippen molar-refractivity contribution in [2.24, 2.45) is 15.0 Å². The van der Waals surface area contributed by atoms with Crippen LogP contribution in [0.4, 0.5) is 0 Å². The van der Waals surface area contributed by atoms with E-state index in [2.05, 4.69) is 43.9 Å². The van der Waals surface area contributed by atoms with E-state index in [-0.39, 0.29) is 0 Å². The summed E-state index contributed by atoms with van der Waals surface area (Å²) >= 11 is 0. The van der Waals surface area contributed by atoms with Crippen LogP contribution in [0.25, 0.3) is 0 Å². The zero-order valence-electron chi connectivity index (χ0n) is 31.3. The summed E-state index contributed by atoms with van der Waals surface area (Å²) in [5.74, 6) is 0. The smallest absolute Gasteiger partial charge is 0.418 e. The number of hydrogen-bond acceptors (Lipinski definition) is 10. The van der Waals surface area contributed by atoms with Gasteiger partial charge < -0.3 is 26.6 Å². The molecule has 0 radical (unpaired) electrons. The van der Waals surface area contributed by atoms with Gasteiger partial charge >= 0.3 is 17.4 Å². The van der Waals surface area contributed by atoms with Crippen molar-refractivity contribution in [2.45, 2.75) is 118 Å². The van der Waals surface area contributed by atoms with Gasteiger partial charge in [-0.3, -0.25) is 19.9 Å². The first-order chi connectivity index (χ1) is 22.1. The van der Waals surface area contributed by atoms with Gasteiger partial charge in [-0.05, 0) is 130 Å². The van der Waals surface area contributed by atoms with Crippen molar-refractivity contribution in [3.63, 3.8) is 0 Å². The lowest BCUT2D eigenvalue weighted by Crippen LogP contribution is -2.45. The molecule has 0 unspecified atom stereocenters. The number of unbranched alkanes of at least 4 members (excludes halogenated alkanes) is 3. The first-order valence-electron chi connectivity index (χ1n) is 18.2. The molecule has 0 heterocycles. The van der Waals surface area contributed by atoms with E-state index in [4.69, 9.17) is 41.5 Å². The Morgan fingerprint density at radius 2 is 0.848 bits per heavy atom. The second-order valence-electron chi connectivity index (χ2n) is 12.0. The van der Waals surface area contributed by atoms with E-state index >= 15 is 0 Å². The molecule has 0 rings (SSSR count). The van der Waals surface area contributed by atoms with Gasteiger partial charge in [0.2, 0.25) is 0 Å². The summed E-state index contributed by atoms with van der Waals surface area (Å²) in [6.07, 6.45) is 12.2. The first-order valence-corrected chi connectivity index (χ1v) is 25.7. The molecule has 0 atom stereocenters. The van der Waals surface area contributed by atoms with E-state index in [0.717, 1.165) is 96.5 Å². The van der Waals surface area contributed by atoms with Crippen LogP contribution < -0.4 is 0 Å². The van der Waals surface area contributed by atoms with Gasteiger partial charge in [0.15, 0.2) is 8.32 Å². The molecule has 0 aliphatic rings. The zero-order chi connectivity index (χ0) is 34.4. The molecule has 0 spiro atoms. The zero-order valence-corrected chi connectivity index (χ0v) is 34.3. The maximum absolute atomic E-state index is 5.97. The fraction of sp³-hybridized carbons (Fsp3) is 0.909. The number of hydrogen-bond donors (Lipinski definition) is 0. The molecule has 0 aliphatic heterocycles. The Morgan fingerprint density at radius 3 is 1.24 bits per heavy atom. The minimum Gasteiger partial charge on any atom is -0.418 e. The summed E-state index contributed by atoms with van der Waals surface area (Å²) in [5, 5.41) is 0. The highest BCUT2D eigenvalue weighted by molar-refractivity contribution is 6.71. The molecular formula is C33H72N4O6Si3. The molecular weight excluding hydrogens is 633 g/mol. The molecule has 10 nitrogen and oxygen atoms in total. The molecule has 0 fully saturated rings. The predicted molar refractivity (Wildman–Crippen MR) is 203 cm³/mol. The third-order valence-corrected chi connectivity index (χ3v) is 16.3. The van der Waals surface area contributed by atoms with Crippen LogP contribution in [0.15, 0.2) is 15.0 Å². The average molecular weight is 705 g/mol. The molecule has 0 bridgehead atoms. The van der Waals surface area contributed by atoms with E-state index in [1.165, 1.54) is 6.04 Å². The third kappa shape index (κ3) is 24.5. The van der Waals surface area contributed by atoms with E-state index in [9.17, 15) is 0 Å². The van der Waals surface area contributed by atoms with Crippen LogP contribution in [0, 0.1) is 0 Å². The summed E-state index contributed by atoms with van der Waals surface area (Å²) < 4.78 is 35.8. The fourth-order valence-electron chi connectivity index (χ4n) is 5.28. The Labute approximate surface area is 286 Å². The molecule has 0 aromatic heterocycles. The quantitative estimate of drug-likeness (QED) is 0.0403. The van der Waals surface area contributed by atoms with Gasteiger partial charge in [-0.15, -0.1) is 0 Å². The lowest BCUT2D eigenvalue weighted by atomic mass is 10.3. The van der Waals surface area contributed by atoms with E-state index in [1.54, 1.807) is 0 Å². The summed E-state index contributed by atoms with van der Waals surface area (Å²) in [6, 6.07) is 3.00. The van der Waals surface area contributed by atoms with Crippen LogP contribution in [0.1, 0.15) is 80.1 Å². The van der Waals surface area contributed by atoms with Crippen molar-refractivity contribution in [3.8, 4) is 0 Å². The van der Waals surface area contributed by atoms with Crippen molar-refractivity contribution in [1.29, 1.82) is 0 Å². The number of aliphatic imine (C=N–C) groups is 3. The maximum atomic E-state index is 5.97. The van der Waals surface area contributed by atoms with Gasteiger partial charge in [0.25, 0.3) is 0 Å². The second-order valence-corrected chi connectivity index (χ2v) is 22.3. The average Bonchev–Trinajstić information content (AvgIpc) is 2.99. The largest absolute Gasteiger partial charge is 0.500 e. The van der Waals surface area contributed by atoms with Crippen LogP contribution in [-0.4, -0.2) is 128 Å². The third-order valence-electron chi connectivity index (χ3n) is 7.44. The van der Waals surface area contributed by atoms with Crippen LogP contribution in [0.2, 0.25) is 37.8 Å². The maximum Gasteiger partial charge on any atom is 0.500 e. The number of rotatable bonds is 33. The molecule has 0 saturated heterocycles. The molecule has 0 aromatic rings. The Bertz CT molecular complexity index is 769. The predicted octanol–water partition coefficient (Wildman–Crippen LogP) is 7.28. The monoisotopic (exact) mass is 704 g/mol. The Hall–Kier alpha value is -0.619. The Morgan fingerprint density at radius 1 is 0.478 bits per heavy atom. The lowest BCUT2D eigenvalue weighted by Gasteiger charge is -2.28. The van der Waals surface area contributed by atoms with Crippen LogP contribution >= 0.6 is 0 Å². The highest BCUT2D eigenvalue weighted by atomic mass is 28.4. The van der Waals surface area contributed by atoms with Crippen molar-refractivity contribution >= 4 is 44.3 Å². The van der Waals surface area contributed by atoms with Gasteiger partial charge in [-0.2, -0.15) is 0 Å². The topological polar surface area (TPSA) is 95.7 Å². The van der Waals surface area contributed by atoms with Crippen molar-refractivity contribution < 1.29 is 26.6 Å². The molecule has 46 heavy (non-hydrogen) atoms. The molecule has 0 N–H and O–H groups in total. The molecule has 272 valence electrons. The normalized spacial score (nSPS) is 13.4. The summed E-state index contributed by atoms with van der Waals surface area (Å²) in [5.41, 5.74) is 0. The minimum absolute atomic E-state index is 0.612. The standard InChI is InChI=1S/C33H72N4O6Si3/c1-10-38-44(7,8)31-19-16-22-34-25-28-37(29-26-35-23-17-20-32-45(9,39-11-2)40-12-3)30-27-36-24-18-21-33-46(41-13-4,42-14-5)43-15-6/h22-24H,10-21,25-33H2,1-9H3/b34-22+,35-23+,36-24+. The second kappa shape index (κ2) is 29.3. The highest BCUT2D eigenvalue weighted by Crippen LogP contribution is 2.19. The van der Waals surface area contributed by atoms with Crippen molar-refractivity contribution in [2.75, 3.05) is 78.9 Å². The van der Waals surface area contributed by atoms with Gasteiger partial charge in [-0.25, -0.2) is 0 Å². The lowest BCUT2D eigenvalue weighted by molar-refractivity contribution is 0.0710. The van der Waals surface area contributed by atoms with Gasteiger partial charge in [0, 0.05) is 65.3 Å². The van der Waals surface area contributed by atoms with Crippen LogP contribution in [-0.2, 0) is 26.6 Å². The fourth-order valence-corrected chi connectivity index (χ4v) is 12.3. The van der Waals surface area contributed by atoms with E-state index in [1.807, 2.05) is 40.8 Å². The molecule has 13 heteroatoms. The van der Waals surface area contributed by atoms with E-state index < -0.39 is 25.7 Å². The Kier molecular flexibility index (Phi) is 28.9. The van der Waals surface area contributed by atoms with Gasteiger partial charge in [0.1, 0.15) is 0 Å². The molecule has 0 saturated carbocycles. The SMILES string of the molecule is CCO[Si](C)(C)CCC/C=N/CCN(CC/N=C/CCC[Si](C)(OCC)OCC)CC/N=C/CCC[Si](OCC)(OCC)OCC. The van der Waals surface area contributed by atoms with Crippen molar-refractivity contribution in [1.82, 2.24) is 4.90 Å². The molecule has 0 amide bonds. The summed E-state index contributed by atoms with van der Waals surface area (Å²) in [4.78, 5) is 16.6. The molecule has 0 aliphatic carbocycles. The Balaban J connectivity index is 4.78. The van der Waals surface area contributed by atoms with Gasteiger partial charge in [-0.1, -0.05) is 0 Å². The van der Waals surface area contributed by atoms with Crippen LogP contribution in [0.3, 0.4) is 0 Å². The van der Waals surface area contributed by atoms with Crippen LogP contribution in [0.5, 0.6) is 0 Å².